The normalized spacial score (nSPS) is 10.5. The minimum Gasteiger partial charge on any atom is -0.508 e. The molecule has 4 rings (SSSR count). The van der Waals surface area contributed by atoms with E-state index in [0.29, 0.717) is 24.2 Å². The van der Waals surface area contributed by atoms with Crippen LogP contribution >= 0.6 is 0 Å². The Morgan fingerprint density at radius 3 is 1.33 bits per heavy atom. The van der Waals surface area contributed by atoms with Crippen molar-refractivity contribution in [1.29, 1.82) is 0 Å². The Hall–Kier alpha value is -5.72. The molecule has 0 saturated heterocycles. The smallest absolute Gasteiger partial charge is 0.339 e. The van der Waals surface area contributed by atoms with Gasteiger partial charge >= 0.3 is 17.2 Å². The number of aromatic hydroxyl groups is 6. The van der Waals surface area contributed by atoms with Crippen LogP contribution in [0, 0.1) is 0 Å². The molecule has 0 spiro atoms. The predicted octanol–water partition coefficient (Wildman–Crippen LogP) is 12.6. The van der Waals surface area contributed by atoms with Gasteiger partial charge in [-0.25, -0.2) is 14.4 Å². The first-order valence-corrected chi connectivity index (χ1v) is 24.1. The van der Waals surface area contributed by atoms with E-state index in [2.05, 4.69) is 27.7 Å². The van der Waals surface area contributed by atoms with E-state index >= 15 is 0 Å². The number of ketones is 1. The summed E-state index contributed by atoms with van der Waals surface area (Å²) in [5, 5.41) is 64.9. The third kappa shape index (κ3) is 28.2. The number of carbonyl (C=O) groups excluding carboxylic acids is 1. The molecule has 0 fully saturated rings. The predicted molar refractivity (Wildman–Crippen MR) is 259 cm³/mol. The summed E-state index contributed by atoms with van der Waals surface area (Å²) in [7, 11) is 0. The lowest BCUT2D eigenvalue weighted by molar-refractivity contribution is -0.118. The number of hydrogen-bond donors (Lipinski definition) is 7. The highest BCUT2D eigenvalue weighted by atomic mass is 16.4. The standard InChI is InChI=1S/2C14H20O4.C13H20O2.C12H18O3/c1-2-3-4-5-6-7-11(15)8-13-9-12(16)10-14(17)18-13;1-2-3-4-5-6-7-10-8-11(15)9-12(16)13(10)14(17)18;1-2-3-4-5-6-7-11-8-12(14)10-13(15)9-11;1-2-3-4-5-6-7-11-8-10(13)9-12(14)15-11/h9-10,16H,2-8H2,1H3;8-9,15-16H,2-7H2,1H3,(H,17,18);8-10,14-15H,2-7H2,1H3;8-9,13H,2-7H2,1H3. The number of hydrogen-bond acceptors (Lipinski definition) is 12. The third-order valence-corrected chi connectivity index (χ3v) is 10.5. The average molecular weight is 923 g/mol. The Kier molecular flexibility index (Phi) is 31.4. The maximum absolute atomic E-state index is 11.6. The van der Waals surface area contributed by atoms with Gasteiger partial charge in [0.2, 0.25) is 0 Å². The molecule has 0 saturated carbocycles. The van der Waals surface area contributed by atoms with E-state index in [4.69, 9.17) is 13.9 Å². The molecule has 13 heteroatoms. The van der Waals surface area contributed by atoms with Gasteiger partial charge in [-0.05, 0) is 67.9 Å². The molecule has 0 amide bonds. The SMILES string of the molecule is CCCCCCCC(=O)Cc1cc(O)cc(=O)o1.CCCCCCCc1cc(O)cc(=O)o1.CCCCCCCc1cc(O)cc(O)c1.CCCCCCCc1cc(O)cc(O)c1C(=O)O. The summed E-state index contributed by atoms with van der Waals surface area (Å²) < 4.78 is 9.79. The van der Waals surface area contributed by atoms with Crippen LogP contribution in [0.25, 0.3) is 0 Å². The number of unbranched alkanes of at least 4 members (excludes halogenated alkanes) is 16. The topological polar surface area (TPSA) is 236 Å². The van der Waals surface area contributed by atoms with E-state index in [-0.39, 0.29) is 58.0 Å². The van der Waals surface area contributed by atoms with Crippen LogP contribution in [0.1, 0.15) is 196 Å². The molecule has 0 bridgehead atoms. The molecule has 0 radical (unpaired) electrons. The molecular formula is C53H78O13. The summed E-state index contributed by atoms with van der Waals surface area (Å²) in [4.78, 5) is 44.6. The lowest BCUT2D eigenvalue weighted by atomic mass is 9.99. The molecule has 0 aliphatic rings. The number of aryl methyl sites for hydroxylation is 3. The highest BCUT2D eigenvalue weighted by molar-refractivity contribution is 5.92. The maximum Gasteiger partial charge on any atom is 0.339 e. The van der Waals surface area contributed by atoms with Gasteiger partial charge in [0.25, 0.3) is 0 Å². The monoisotopic (exact) mass is 923 g/mol. The van der Waals surface area contributed by atoms with Crippen molar-refractivity contribution in [2.45, 2.75) is 188 Å². The molecule has 0 atom stereocenters. The minimum atomic E-state index is -1.16. The molecular weight excluding hydrogens is 845 g/mol. The second kappa shape index (κ2) is 35.5. The second-order valence-corrected chi connectivity index (χ2v) is 16.7. The number of aromatic carboxylic acids is 1. The first-order chi connectivity index (χ1) is 31.6. The van der Waals surface area contributed by atoms with Crippen LogP contribution in [-0.2, 0) is 30.5 Å². The van der Waals surface area contributed by atoms with Crippen LogP contribution < -0.4 is 11.3 Å². The van der Waals surface area contributed by atoms with Crippen LogP contribution in [0.3, 0.4) is 0 Å². The van der Waals surface area contributed by atoms with Gasteiger partial charge in [0, 0.05) is 37.1 Å². The van der Waals surface area contributed by atoms with Crippen LogP contribution in [0.2, 0.25) is 0 Å². The van der Waals surface area contributed by atoms with E-state index < -0.39 is 17.2 Å². The largest absolute Gasteiger partial charge is 0.508 e. The van der Waals surface area contributed by atoms with Crippen molar-refractivity contribution in [1.82, 2.24) is 0 Å². The van der Waals surface area contributed by atoms with Gasteiger partial charge in [-0.3, -0.25) is 4.79 Å². The Balaban J connectivity index is 0.000000442. The molecule has 2 heterocycles. The van der Waals surface area contributed by atoms with E-state index in [1.54, 1.807) is 12.1 Å². The second-order valence-electron chi connectivity index (χ2n) is 16.7. The van der Waals surface area contributed by atoms with Crippen LogP contribution in [-0.4, -0.2) is 47.5 Å². The Bertz CT molecular complexity index is 2050. The fourth-order valence-electron chi connectivity index (χ4n) is 7.12. The fraction of sp³-hybridized carbons (Fsp3) is 0.547. The summed E-state index contributed by atoms with van der Waals surface area (Å²) >= 11 is 0. The number of phenolic OH excluding ortho intramolecular Hbond substituents is 3. The van der Waals surface area contributed by atoms with Crippen LogP contribution in [0.4, 0.5) is 0 Å². The molecule has 0 aliphatic carbocycles. The van der Waals surface area contributed by atoms with Gasteiger partial charge < -0.3 is 44.6 Å². The zero-order chi connectivity index (χ0) is 49.1. The number of rotatable bonds is 27. The number of carbonyl (C=O) groups is 2. The molecule has 368 valence electrons. The molecule has 2 aromatic heterocycles. The van der Waals surface area contributed by atoms with Crippen molar-refractivity contribution >= 4 is 11.8 Å². The summed E-state index contributed by atoms with van der Waals surface area (Å²) in [6, 6.07) is 12.2. The highest BCUT2D eigenvalue weighted by Crippen LogP contribution is 2.29. The average Bonchev–Trinajstić information content (AvgIpc) is 3.23. The van der Waals surface area contributed by atoms with E-state index in [1.807, 2.05) is 0 Å². The van der Waals surface area contributed by atoms with E-state index in [9.17, 15) is 49.8 Å². The maximum atomic E-state index is 11.6. The summed E-state index contributed by atoms with van der Waals surface area (Å²) in [5.74, 6) is -0.623. The number of carboxylic acid groups (broad SMARTS) is 1. The Morgan fingerprint density at radius 1 is 0.439 bits per heavy atom. The van der Waals surface area contributed by atoms with Gasteiger partial charge in [0.1, 0.15) is 57.4 Å². The van der Waals surface area contributed by atoms with Crippen molar-refractivity contribution in [3.63, 3.8) is 0 Å². The molecule has 0 aliphatic heterocycles. The molecule has 0 unspecified atom stereocenters. The number of carboxylic acids is 1. The van der Waals surface area contributed by atoms with Gasteiger partial charge in [-0.1, -0.05) is 130 Å². The molecule has 13 nitrogen and oxygen atoms in total. The molecule has 7 N–H and O–H groups in total. The minimum absolute atomic E-state index is 0.00481. The van der Waals surface area contributed by atoms with Crippen molar-refractivity contribution < 1.29 is 54.2 Å². The van der Waals surface area contributed by atoms with Crippen molar-refractivity contribution in [2.75, 3.05) is 0 Å². The summed E-state index contributed by atoms with van der Waals surface area (Å²) in [5.41, 5.74) is 0.322. The molecule has 2 aromatic carbocycles. The fourth-order valence-corrected chi connectivity index (χ4v) is 7.12. The van der Waals surface area contributed by atoms with Gasteiger partial charge in [0.05, 0.1) is 18.6 Å². The van der Waals surface area contributed by atoms with Crippen LogP contribution in [0.5, 0.6) is 34.5 Å². The van der Waals surface area contributed by atoms with Crippen LogP contribution in [0.15, 0.2) is 73.0 Å². The van der Waals surface area contributed by atoms with Crippen molar-refractivity contribution in [3.05, 3.63) is 104 Å². The van der Waals surface area contributed by atoms with Gasteiger partial charge in [0.15, 0.2) is 0 Å². The summed E-state index contributed by atoms with van der Waals surface area (Å²) in [6.07, 6.45) is 25.7. The first kappa shape index (κ1) is 58.3. The number of Topliss-reactive ketones (excluding diaryl/α,β-unsaturated/α-hetero) is 1. The highest BCUT2D eigenvalue weighted by Gasteiger charge is 2.16. The Labute approximate surface area is 391 Å². The lowest BCUT2D eigenvalue weighted by Gasteiger charge is -2.09. The quantitative estimate of drug-likeness (QED) is 0.0276. The van der Waals surface area contributed by atoms with Crippen molar-refractivity contribution in [2.24, 2.45) is 0 Å². The third-order valence-electron chi connectivity index (χ3n) is 10.5. The zero-order valence-electron chi connectivity index (χ0n) is 40.0. The number of phenols is 4. The molecule has 66 heavy (non-hydrogen) atoms. The van der Waals surface area contributed by atoms with Crippen molar-refractivity contribution in [3.8, 4) is 34.5 Å². The lowest BCUT2D eigenvalue weighted by Crippen LogP contribution is -2.06. The van der Waals surface area contributed by atoms with Gasteiger partial charge in [-0.2, -0.15) is 0 Å². The number of benzene rings is 2. The first-order valence-electron chi connectivity index (χ1n) is 24.1. The van der Waals surface area contributed by atoms with Gasteiger partial charge in [-0.15, -0.1) is 0 Å². The summed E-state index contributed by atoms with van der Waals surface area (Å²) in [6.45, 7) is 8.66. The molecule has 4 aromatic rings. The zero-order valence-corrected chi connectivity index (χ0v) is 40.0. The Morgan fingerprint density at radius 2 is 0.848 bits per heavy atom. The van der Waals surface area contributed by atoms with E-state index in [0.717, 1.165) is 101 Å². The van der Waals surface area contributed by atoms with E-state index in [1.165, 1.54) is 88.5 Å².